The van der Waals surface area contributed by atoms with E-state index in [0.717, 1.165) is 24.3 Å². The molecule has 96 valence electrons. The number of methoxy groups -OCH3 is 2. The molecule has 0 aliphatic carbocycles. The molecule has 0 saturated carbocycles. The molecule has 0 radical (unpaired) electrons. The number of hydrogen-bond acceptors (Lipinski definition) is 4. The van der Waals surface area contributed by atoms with E-state index in [1.165, 1.54) is 0 Å². The molecular weight excluding hydrogens is 240 g/mol. The monoisotopic (exact) mass is 258 g/mol. The SMILES string of the molecule is COCCN(CCOC)c1cnccc1CCl. The van der Waals surface area contributed by atoms with E-state index in [1.54, 1.807) is 20.4 Å². The number of alkyl halides is 1. The van der Waals surface area contributed by atoms with Gasteiger partial charge in [0.25, 0.3) is 0 Å². The van der Waals surface area contributed by atoms with Gasteiger partial charge in [-0.05, 0) is 11.6 Å². The first kappa shape index (κ1) is 14.2. The Labute approximate surface area is 107 Å². The number of halogens is 1. The van der Waals surface area contributed by atoms with Crippen molar-refractivity contribution in [2.24, 2.45) is 0 Å². The molecule has 0 unspecified atom stereocenters. The number of anilines is 1. The first-order chi connectivity index (χ1) is 8.33. The zero-order valence-corrected chi connectivity index (χ0v) is 11.1. The normalized spacial score (nSPS) is 10.5. The van der Waals surface area contributed by atoms with Gasteiger partial charge in [0.1, 0.15) is 0 Å². The van der Waals surface area contributed by atoms with Crippen molar-refractivity contribution in [1.29, 1.82) is 0 Å². The van der Waals surface area contributed by atoms with Gasteiger partial charge < -0.3 is 14.4 Å². The number of aromatic nitrogens is 1. The first-order valence-corrected chi connectivity index (χ1v) is 6.08. The molecule has 1 aromatic rings. The predicted molar refractivity (Wildman–Crippen MR) is 69.8 cm³/mol. The molecule has 0 amide bonds. The number of nitrogens with zero attached hydrogens (tertiary/aromatic N) is 2. The Morgan fingerprint density at radius 3 is 2.41 bits per heavy atom. The van der Waals surface area contributed by atoms with Gasteiger partial charge in [-0.2, -0.15) is 0 Å². The molecule has 1 aromatic heterocycles. The zero-order valence-electron chi connectivity index (χ0n) is 10.4. The Hall–Kier alpha value is -0.840. The summed E-state index contributed by atoms with van der Waals surface area (Å²) in [6, 6.07) is 1.94. The highest BCUT2D eigenvalue weighted by Gasteiger charge is 2.10. The van der Waals surface area contributed by atoms with Crippen LogP contribution in [0.2, 0.25) is 0 Å². The number of ether oxygens (including phenoxy) is 2. The molecule has 17 heavy (non-hydrogen) atoms. The topological polar surface area (TPSA) is 34.6 Å². The average Bonchev–Trinajstić information content (AvgIpc) is 2.39. The van der Waals surface area contributed by atoms with Crippen LogP contribution in [-0.4, -0.2) is 45.5 Å². The maximum atomic E-state index is 5.93. The molecular formula is C12H19ClN2O2. The quantitative estimate of drug-likeness (QED) is 0.668. The van der Waals surface area contributed by atoms with Gasteiger partial charge in [-0.15, -0.1) is 11.6 Å². The molecule has 0 spiro atoms. The highest BCUT2D eigenvalue weighted by molar-refractivity contribution is 6.17. The molecule has 0 N–H and O–H groups in total. The summed E-state index contributed by atoms with van der Waals surface area (Å²) >= 11 is 5.93. The Morgan fingerprint density at radius 2 is 1.88 bits per heavy atom. The summed E-state index contributed by atoms with van der Waals surface area (Å²) in [4.78, 5) is 6.33. The van der Waals surface area contributed by atoms with Gasteiger partial charge in [0.15, 0.2) is 0 Å². The van der Waals surface area contributed by atoms with Crippen LogP contribution in [0.4, 0.5) is 5.69 Å². The summed E-state index contributed by atoms with van der Waals surface area (Å²) in [7, 11) is 3.39. The van der Waals surface area contributed by atoms with Crippen LogP contribution in [-0.2, 0) is 15.4 Å². The summed E-state index contributed by atoms with van der Waals surface area (Å²) in [6.45, 7) is 2.94. The van der Waals surface area contributed by atoms with Crippen LogP contribution in [0.25, 0.3) is 0 Å². The first-order valence-electron chi connectivity index (χ1n) is 5.55. The van der Waals surface area contributed by atoms with Crippen LogP contribution in [0.1, 0.15) is 5.56 Å². The van der Waals surface area contributed by atoms with E-state index in [1.807, 2.05) is 12.3 Å². The van der Waals surface area contributed by atoms with Crippen molar-refractivity contribution in [3.63, 3.8) is 0 Å². The van der Waals surface area contributed by atoms with Crippen LogP contribution in [0.3, 0.4) is 0 Å². The van der Waals surface area contributed by atoms with Crippen LogP contribution in [0.15, 0.2) is 18.5 Å². The lowest BCUT2D eigenvalue weighted by molar-refractivity contribution is 0.190. The van der Waals surface area contributed by atoms with Crippen molar-refractivity contribution >= 4 is 17.3 Å². The van der Waals surface area contributed by atoms with Crippen molar-refractivity contribution in [2.75, 3.05) is 45.4 Å². The highest BCUT2D eigenvalue weighted by Crippen LogP contribution is 2.20. The van der Waals surface area contributed by atoms with E-state index in [0.29, 0.717) is 19.1 Å². The Balaban J connectivity index is 2.78. The van der Waals surface area contributed by atoms with E-state index in [9.17, 15) is 0 Å². The summed E-state index contributed by atoms with van der Waals surface area (Å²) in [5.74, 6) is 0.480. The lowest BCUT2D eigenvalue weighted by atomic mass is 10.2. The maximum Gasteiger partial charge on any atom is 0.0637 e. The third kappa shape index (κ3) is 4.50. The van der Waals surface area contributed by atoms with Crippen molar-refractivity contribution in [3.8, 4) is 0 Å². The average molecular weight is 259 g/mol. The smallest absolute Gasteiger partial charge is 0.0637 e. The van der Waals surface area contributed by atoms with E-state index in [-0.39, 0.29) is 0 Å². The summed E-state index contributed by atoms with van der Waals surface area (Å²) in [6.07, 6.45) is 3.59. The van der Waals surface area contributed by atoms with Crippen molar-refractivity contribution in [2.45, 2.75) is 5.88 Å². The van der Waals surface area contributed by atoms with Crippen LogP contribution < -0.4 is 4.90 Å². The molecule has 1 heterocycles. The Bertz CT molecular complexity index is 315. The molecule has 0 bridgehead atoms. The molecule has 0 fully saturated rings. The summed E-state index contributed by atoms with van der Waals surface area (Å²) in [5, 5.41) is 0. The minimum Gasteiger partial charge on any atom is -0.383 e. The predicted octanol–water partition coefficient (Wildman–Crippen LogP) is 1.92. The van der Waals surface area contributed by atoms with Gasteiger partial charge in [0.05, 0.1) is 25.1 Å². The van der Waals surface area contributed by atoms with Gasteiger partial charge in [-0.1, -0.05) is 0 Å². The second-order valence-corrected chi connectivity index (χ2v) is 3.88. The van der Waals surface area contributed by atoms with E-state index < -0.39 is 0 Å². The third-order valence-corrected chi connectivity index (χ3v) is 2.79. The van der Waals surface area contributed by atoms with Crippen molar-refractivity contribution < 1.29 is 9.47 Å². The fourth-order valence-corrected chi connectivity index (χ4v) is 1.79. The van der Waals surface area contributed by atoms with E-state index in [2.05, 4.69) is 9.88 Å². The zero-order chi connectivity index (χ0) is 12.5. The summed E-state index contributed by atoms with van der Waals surface area (Å²) in [5.41, 5.74) is 2.13. The fraction of sp³-hybridized carbons (Fsp3) is 0.583. The van der Waals surface area contributed by atoms with Gasteiger partial charge >= 0.3 is 0 Å². The Kier molecular flexibility index (Phi) is 6.93. The molecule has 0 atom stereocenters. The molecule has 0 saturated heterocycles. The van der Waals surface area contributed by atoms with Gasteiger partial charge in [0, 0.05) is 39.4 Å². The van der Waals surface area contributed by atoms with Gasteiger partial charge in [-0.3, -0.25) is 4.98 Å². The van der Waals surface area contributed by atoms with Gasteiger partial charge in [-0.25, -0.2) is 0 Å². The lowest BCUT2D eigenvalue weighted by Crippen LogP contribution is -2.31. The van der Waals surface area contributed by atoms with Gasteiger partial charge in [0.2, 0.25) is 0 Å². The van der Waals surface area contributed by atoms with E-state index in [4.69, 9.17) is 21.1 Å². The number of hydrogen-bond donors (Lipinski definition) is 0. The fourth-order valence-electron chi connectivity index (χ4n) is 1.57. The standard InChI is InChI=1S/C12H19ClN2O2/c1-16-7-5-15(6-8-17-2)12-10-14-4-3-11(12)9-13/h3-4,10H,5-9H2,1-2H3. The highest BCUT2D eigenvalue weighted by atomic mass is 35.5. The maximum absolute atomic E-state index is 5.93. The molecule has 5 heteroatoms. The van der Waals surface area contributed by atoms with Crippen LogP contribution >= 0.6 is 11.6 Å². The lowest BCUT2D eigenvalue weighted by Gasteiger charge is -2.25. The van der Waals surface area contributed by atoms with Crippen molar-refractivity contribution in [3.05, 3.63) is 24.0 Å². The number of pyridine rings is 1. The molecule has 1 rings (SSSR count). The van der Waals surface area contributed by atoms with E-state index >= 15 is 0 Å². The summed E-state index contributed by atoms with van der Waals surface area (Å²) < 4.78 is 10.2. The molecule has 0 aromatic carbocycles. The molecule has 0 aliphatic heterocycles. The third-order valence-electron chi connectivity index (χ3n) is 2.50. The molecule has 0 aliphatic rings. The minimum absolute atomic E-state index is 0.480. The number of rotatable bonds is 8. The largest absolute Gasteiger partial charge is 0.383 e. The van der Waals surface area contributed by atoms with Crippen molar-refractivity contribution in [1.82, 2.24) is 4.98 Å². The second-order valence-electron chi connectivity index (χ2n) is 3.61. The second kappa shape index (κ2) is 8.28. The molecule has 4 nitrogen and oxygen atoms in total. The van der Waals surface area contributed by atoms with Crippen LogP contribution in [0, 0.1) is 0 Å². The minimum atomic E-state index is 0.480. The van der Waals surface area contributed by atoms with Crippen LogP contribution in [0.5, 0.6) is 0 Å². The Morgan fingerprint density at radius 1 is 1.24 bits per heavy atom.